The number of benzene rings is 1. The second kappa shape index (κ2) is 15.3. The van der Waals surface area contributed by atoms with Crippen molar-refractivity contribution in [2.45, 2.75) is 60.3 Å². The van der Waals surface area contributed by atoms with Crippen LogP contribution < -0.4 is 10.1 Å². The lowest BCUT2D eigenvalue weighted by Gasteiger charge is -2.08. The highest BCUT2D eigenvalue weighted by Crippen LogP contribution is 2.13. The first-order chi connectivity index (χ1) is 11.5. The first-order valence-corrected chi connectivity index (χ1v) is 9.55. The average Bonchev–Trinajstić information content (AvgIpc) is 2.55. The molecule has 0 heterocycles. The number of hydrogen-bond donors (Lipinski definition) is 1. The van der Waals surface area contributed by atoms with Crippen molar-refractivity contribution in [1.29, 1.82) is 0 Å². The van der Waals surface area contributed by atoms with Gasteiger partial charge in [0.2, 0.25) is 0 Å². The van der Waals surface area contributed by atoms with E-state index in [4.69, 9.17) is 4.74 Å². The zero-order chi connectivity index (χ0) is 18.2. The maximum Gasteiger partial charge on any atom is 0.119 e. The highest BCUT2D eigenvalue weighted by Gasteiger charge is 1.94. The second-order valence-corrected chi connectivity index (χ2v) is 7.13. The van der Waals surface area contributed by atoms with Crippen molar-refractivity contribution in [2.24, 2.45) is 11.8 Å². The third-order valence-corrected chi connectivity index (χ3v) is 3.49. The molecule has 0 unspecified atom stereocenters. The Bertz CT molecular complexity index is 387. The SMILES string of the molecule is C=Cc1ccc(OCCCCCC)cc1.CC(C)CNCC(C)C. The van der Waals surface area contributed by atoms with Crippen molar-refractivity contribution in [3.8, 4) is 5.75 Å². The Balaban J connectivity index is 0.000000506. The smallest absolute Gasteiger partial charge is 0.119 e. The molecule has 0 aliphatic rings. The predicted molar refractivity (Wildman–Crippen MR) is 109 cm³/mol. The van der Waals surface area contributed by atoms with Gasteiger partial charge in [0, 0.05) is 0 Å². The molecule has 138 valence electrons. The van der Waals surface area contributed by atoms with E-state index in [1.165, 1.54) is 19.3 Å². The molecular formula is C22H39NO. The van der Waals surface area contributed by atoms with Crippen molar-refractivity contribution < 1.29 is 4.74 Å². The summed E-state index contributed by atoms with van der Waals surface area (Å²) < 4.78 is 5.62. The van der Waals surface area contributed by atoms with Gasteiger partial charge in [0.25, 0.3) is 0 Å². The Morgan fingerprint density at radius 3 is 2.00 bits per heavy atom. The minimum atomic E-state index is 0.781. The first kappa shape index (κ1) is 22.7. The van der Waals surface area contributed by atoms with E-state index < -0.39 is 0 Å². The fourth-order valence-electron chi connectivity index (χ4n) is 2.08. The fraction of sp³-hybridized carbons (Fsp3) is 0.636. The van der Waals surface area contributed by atoms with Crippen LogP contribution in [0.25, 0.3) is 6.08 Å². The van der Waals surface area contributed by atoms with E-state index in [0.29, 0.717) is 0 Å². The van der Waals surface area contributed by atoms with Crippen LogP contribution in [0.15, 0.2) is 30.8 Å². The number of hydrogen-bond acceptors (Lipinski definition) is 2. The molecule has 0 aliphatic heterocycles. The van der Waals surface area contributed by atoms with Gasteiger partial charge in [-0.15, -0.1) is 0 Å². The molecule has 2 nitrogen and oxygen atoms in total. The van der Waals surface area contributed by atoms with E-state index in [0.717, 1.165) is 49.3 Å². The van der Waals surface area contributed by atoms with Gasteiger partial charge in [-0.2, -0.15) is 0 Å². The fourth-order valence-corrected chi connectivity index (χ4v) is 2.08. The molecule has 1 aromatic rings. The van der Waals surface area contributed by atoms with Gasteiger partial charge >= 0.3 is 0 Å². The zero-order valence-electron chi connectivity index (χ0n) is 16.6. The van der Waals surface area contributed by atoms with Crippen LogP contribution in [0.5, 0.6) is 5.75 Å². The highest BCUT2D eigenvalue weighted by atomic mass is 16.5. The first-order valence-electron chi connectivity index (χ1n) is 9.55. The number of rotatable bonds is 11. The highest BCUT2D eigenvalue weighted by molar-refractivity contribution is 5.48. The van der Waals surface area contributed by atoms with Crippen LogP contribution in [-0.4, -0.2) is 19.7 Å². The Morgan fingerprint density at radius 1 is 0.958 bits per heavy atom. The van der Waals surface area contributed by atoms with Crippen LogP contribution in [0.3, 0.4) is 0 Å². The molecule has 1 aromatic carbocycles. The summed E-state index contributed by atoms with van der Waals surface area (Å²) in [5, 5.41) is 3.38. The van der Waals surface area contributed by atoms with Crippen LogP contribution in [0.4, 0.5) is 0 Å². The van der Waals surface area contributed by atoms with Crippen LogP contribution in [0.1, 0.15) is 65.9 Å². The molecule has 0 atom stereocenters. The summed E-state index contributed by atoms with van der Waals surface area (Å²) in [6.07, 6.45) is 6.83. The van der Waals surface area contributed by atoms with Crippen LogP contribution in [-0.2, 0) is 0 Å². The Kier molecular flexibility index (Phi) is 14.4. The Labute approximate surface area is 150 Å². The van der Waals surface area contributed by atoms with Crippen molar-refractivity contribution in [3.63, 3.8) is 0 Å². The van der Waals surface area contributed by atoms with Gasteiger partial charge in [-0.3, -0.25) is 0 Å². The third kappa shape index (κ3) is 14.3. The molecule has 0 bridgehead atoms. The predicted octanol–water partition coefficient (Wildman–Crippen LogP) is 6.18. The molecule has 0 amide bonds. The normalized spacial score (nSPS) is 10.5. The standard InChI is InChI=1S/C14H20O.C8H19N/c1-3-5-6-7-12-15-14-10-8-13(4-2)9-11-14;1-7(2)5-9-6-8(3)4/h4,8-11H,2-3,5-7,12H2,1H3;7-9H,5-6H2,1-4H3. The number of unbranched alkanes of at least 4 members (excludes halogenated alkanes) is 3. The molecule has 24 heavy (non-hydrogen) atoms. The lowest BCUT2D eigenvalue weighted by Crippen LogP contribution is -2.23. The van der Waals surface area contributed by atoms with Crippen LogP contribution >= 0.6 is 0 Å². The third-order valence-electron chi connectivity index (χ3n) is 3.49. The van der Waals surface area contributed by atoms with Gasteiger partial charge in [0.05, 0.1) is 6.61 Å². The van der Waals surface area contributed by atoms with Gasteiger partial charge in [-0.1, -0.05) is 78.7 Å². The topological polar surface area (TPSA) is 21.3 Å². The molecule has 0 radical (unpaired) electrons. The van der Waals surface area contributed by atoms with Gasteiger partial charge in [0.1, 0.15) is 5.75 Å². The molecule has 1 rings (SSSR count). The summed E-state index contributed by atoms with van der Waals surface area (Å²) >= 11 is 0. The Hall–Kier alpha value is -1.28. The number of ether oxygens (including phenoxy) is 1. The van der Waals surface area contributed by atoms with Crippen molar-refractivity contribution >= 4 is 6.08 Å². The lowest BCUT2D eigenvalue weighted by atomic mass is 10.2. The molecule has 0 aliphatic carbocycles. The molecule has 0 spiro atoms. The summed E-state index contributed by atoms with van der Waals surface area (Å²) in [7, 11) is 0. The quantitative estimate of drug-likeness (QED) is 0.488. The molecule has 1 N–H and O–H groups in total. The maximum atomic E-state index is 5.62. The van der Waals surface area contributed by atoms with E-state index in [9.17, 15) is 0 Å². The summed E-state index contributed by atoms with van der Waals surface area (Å²) in [5.41, 5.74) is 1.13. The molecule has 0 aromatic heterocycles. The number of nitrogens with one attached hydrogen (secondary N) is 1. The molecule has 0 saturated heterocycles. The van der Waals surface area contributed by atoms with E-state index in [2.05, 4.69) is 46.5 Å². The van der Waals surface area contributed by atoms with Gasteiger partial charge in [-0.05, 0) is 49.0 Å². The van der Waals surface area contributed by atoms with E-state index >= 15 is 0 Å². The summed E-state index contributed by atoms with van der Waals surface area (Å²) in [5.74, 6) is 2.52. The monoisotopic (exact) mass is 333 g/mol. The molecule has 2 heteroatoms. The van der Waals surface area contributed by atoms with E-state index in [1.807, 2.05) is 30.3 Å². The van der Waals surface area contributed by atoms with Crippen molar-refractivity contribution in [1.82, 2.24) is 5.32 Å². The van der Waals surface area contributed by atoms with Crippen LogP contribution in [0, 0.1) is 11.8 Å². The Morgan fingerprint density at radius 2 is 1.54 bits per heavy atom. The average molecular weight is 334 g/mol. The minimum Gasteiger partial charge on any atom is -0.494 e. The molecule has 0 fully saturated rings. The van der Waals surface area contributed by atoms with Gasteiger partial charge < -0.3 is 10.1 Å². The van der Waals surface area contributed by atoms with E-state index in [1.54, 1.807) is 0 Å². The van der Waals surface area contributed by atoms with Crippen molar-refractivity contribution in [3.05, 3.63) is 36.4 Å². The van der Waals surface area contributed by atoms with Gasteiger partial charge in [0.15, 0.2) is 0 Å². The molecular weight excluding hydrogens is 294 g/mol. The second-order valence-electron chi connectivity index (χ2n) is 7.13. The summed E-state index contributed by atoms with van der Waals surface area (Å²) in [4.78, 5) is 0. The van der Waals surface area contributed by atoms with Crippen LogP contribution in [0.2, 0.25) is 0 Å². The molecule has 0 saturated carbocycles. The maximum absolute atomic E-state index is 5.62. The van der Waals surface area contributed by atoms with Gasteiger partial charge in [-0.25, -0.2) is 0 Å². The summed E-state index contributed by atoms with van der Waals surface area (Å²) in [6, 6.07) is 8.04. The largest absolute Gasteiger partial charge is 0.494 e. The van der Waals surface area contributed by atoms with E-state index in [-0.39, 0.29) is 0 Å². The lowest BCUT2D eigenvalue weighted by molar-refractivity contribution is 0.305. The summed E-state index contributed by atoms with van der Waals surface area (Å²) in [6.45, 7) is 18.0. The minimum absolute atomic E-state index is 0.781. The zero-order valence-corrected chi connectivity index (χ0v) is 16.6. The van der Waals surface area contributed by atoms with Crippen molar-refractivity contribution in [2.75, 3.05) is 19.7 Å².